The molecular formula is C12H17FN2O3. The van der Waals surface area contributed by atoms with Gasteiger partial charge < -0.3 is 20.9 Å². The van der Waals surface area contributed by atoms with E-state index in [2.05, 4.69) is 0 Å². The fraction of sp³-hybridized carbons (Fsp3) is 0.417. The Labute approximate surface area is 105 Å². The fourth-order valence-electron chi connectivity index (χ4n) is 1.24. The van der Waals surface area contributed by atoms with E-state index in [4.69, 9.17) is 20.9 Å². The van der Waals surface area contributed by atoms with Gasteiger partial charge in [0.2, 0.25) is 0 Å². The second-order valence-electron chi connectivity index (χ2n) is 3.66. The van der Waals surface area contributed by atoms with E-state index in [1.807, 2.05) is 0 Å². The molecule has 0 atom stereocenters. The first-order valence-electron chi connectivity index (χ1n) is 5.67. The Kier molecular flexibility index (Phi) is 5.93. The average molecular weight is 256 g/mol. The van der Waals surface area contributed by atoms with Crippen LogP contribution in [0.5, 0.6) is 5.75 Å². The van der Waals surface area contributed by atoms with Gasteiger partial charge >= 0.3 is 5.97 Å². The number of hydrogen-bond acceptors (Lipinski definition) is 5. The Bertz CT molecular complexity index is 399. The van der Waals surface area contributed by atoms with E-state index in [0.717, 1.165) is 0 Å². The minimum atomic E-state index is -0.496. The summed E-state index contributed by atoms with van der Waals surface area (Å²) in [5, 5.41) is 0. The quantitative estimate of drug-likeness (QED) is 0.433. The smallest absolute Gasteiger partial charge is 0.319 e. The van der Waals surface area contributed by atoms with E-state index >= 15 is 0 Å². The molecule has 1 aromatic carbocycles. The van der Waals surface area contributed by atoms with Crippen molar-refractivity contribution in [3.05, 3.63) is 24.0 Å². The third kappa shape index (κ3) is 5.01. The van der Waals surface area contributed by atoms with Gasteiger partial charge in [0.25, 0.3) is 0 Å². The van der Waals surface area contributed by atoms with Crippen LogP contribution in [0.25, 0.3) is 0 Å². The number of carbonyl (C=O) groups is 1. The van der Waals surface area contributed by atoms with Crippen molar-refractivity contribution >= 4 is 11.7 Å². The van der Waals surface area contributed by atoms with E-state index in [-0.39, 0.29) is 12.2 Å². The molecule has 0 saturated heterocycles. The number of rotatable bonds is 7. The third-order valence-corrected chi connectivity index (χ3v) is 2.21. The number of benzene rings is 1. The van der Waals surface area contributed by atoms with E-state index in [1.54, 1.807) is 6.07 Å². The van der Waals surface area contributed by atoms with Crippen LogP contribution < -0.4 is 16.2 Å². The third-order valence-electron chi connectivity index (χ3n) is 2.21. The maximum atomic E-state index is 13.1. The molecule has 100 valence electrons. The molecule has 1 rings (SSSR count). The number of nitrogens with two attached hydrogens (primary N) is 2. The van der Waals surface area contributed by atoms with Gasteiger partial charge in [0.05, 0.1) is 25.4 Å². The number of hydrogen-bond donors (Lipinski definition) is 2. The van der Waals surface area contributed by atoms with Crippen LogP contribution in [0.15, 0.2) is 18.2 Å². The van der Waals surface area contributed by atoms with Gasteiger partial charge in [0.1, 0.15) is 11.6 Å². The van der Waals surface area contributed by atoms with Crippen molar-refractivity contribution in [3.8, 4) is 5.75 Å². The number of unbranched alkanes of at least 4 members (excludes halogenated alkanes) is 1. The molecule has 1 aromatic rings. The first kappa shape index (κ1) is 14.2. The van der Waals surface area contributed by atoms with Crippen LogP contribution in [0.2, 0.25) is 0 Å². The second-order valence-corrected chi connectivity index (χ2v) is 3.66. The molecule has 6 heteroatoms. The molecule has 0 aliphatic heterocycles. The van der Waals surface area contributed by atoms with Gasteiger partial charge in [-0.15, -0.1) is 0 Å². The van der Waals surface area contributed by atoms with Gasteiger partial charge in [-0.25, -0.2) is 4.39 Å². The van der Waals surface area contributed by atoms with Gasteiger partial charge in [-0.2, -0.15) is 0 Å². The van der Waals surface area contributed by atoms with E-state index < -0.39 is 11.8 Å². The van der Waals surface area contributed by atoms with Crippen LogP contribution in [-0.2, 0) is 9.53 Å². The largest absolute Gasteiger partial charge is 0.493 e. The lowest BCUT2D eigenvalue weighted by Gasteiger charge is -2.07. The lowest BCUT2D eigenvalue weighted by atomic mass is 10.3. The molecule has 0 aromatic heterocycles. The normalized spacial score (nSPS) is 10.1. The van der Waals surface area contributed by atoms with Gasteiger partial charge in [0, 0.05) is 6.07 Å². The molecule has 0 amide bonds. The summed E-state index contributed by atoms with van der Waals surface area (Å²) < 4.78 is 23.2. The summed E-state index contributed by atoms with van der Waals surface area (Å²) in [4.78, 5) is 10.7. The summed E-state index contributed by atoms with van der Waals surface area (Å²) in [6, 6.07) is 4.30. The van der Waals surface area contributed by atoms with Crippen molar-refractivity contribution in [1.82, 2.24) is 0 Å². The molecule has 5 nitrogen and oxygen atoms in total. The standard InChI is InChI=1S/C12H17FN2O3/c13-10-7-9(3-4-11(10)15)17-5-1-2-6-18-12(16)8-14/h3-4,7H,1-2,5-6,8,14-15H2. The molecule has 0 fully saturated rings. The van der Waals surface area contributed by atoms with Crippen LogP contribution in [0.4, 0.5) is 10.1 Å². The van der Waals surface area contributed by atoms with Crippen LogP contribution >= 0.6 is 0 Å². The van der Waals surface area contributed by atoms with Crippen molar-refractivity contribution in [3.63, 3.8) is 0 Å². The number of carbonyl (C=O) groups excluding carboxylic acids is 1. The predicted molar refractivity (Wildman–Crippen MR) is 65.6 cm³/mol. The Hall–Kier alpha value is -1.82. The van der Waals surface area contributed by atoms with Crippen LogP contribution in [0.1, 0.15) is 12.8 Å². The second kappa shape index (κ2) is 7.50. The molecule has 0 aliphatic rings. The molecule has 4 N–H and O–H groups in total. The number of esters is 1. The summed E-state index contributed by atoms with van der Waals surface area (Å²) >= 11 is 0. The van der Waals surface area contributed by atoms with Crippen LogP contribution in [-0.4, -0.2) is 25.7 Å². The lowest BCUT2D eigenvalue weighted by Crippen LogP contribution is -2.17. The fourth-order valence-corrected chi connectivity index (χ4v) is 1.24. The predicted octanol–water partition coefficient (Wildman–Crippen LogP) is 1.07. The van der Waals surface area contributed by atoms with E-state index in [1.165, 1.54) is 12.1 Å². The van der Waals surface area contributed by atoms with E-state index in [9.17, 15) is 9.18 Å². The van der Waals surface area contributed by atoms with Gasteiger partial charge in [-0.1, -0.05) is 0 Å². The van der Waals surface area contributed by atoms with Crippen molar-refractivity contribution in [2.45, 2.75) is 12.8 Å². The summed E-state index contributed by atoms with van der Waals surface area (Å²) in [5.41, 5.74) is 10.5. The molecule has 18 heavy (non-hydrogen) atoms. The van der Waals surface area contributed by atoms with Crippen molar-refractivity contribution < 1.29 is 18.7 Å². The minimum absolute atomic E-state index is 0.0936. The average Bonchev–Trinajstić information content (AvgIpc) is 2.37. The first-order chi connectivity index (χ1) is 8.63. The zero-order valence-electron chi connectivity index (χ0n) is 10.0. The number of nitrogen functional groups attached to an aromatic ring is 1. The summed E-state index contributed by atoms with van der Waals surface area (Å²) in [7, 11) is 0. The van der Waals surface area contributed by atoms with E-state index in [0.29, 0.717) is 31.8 Å². The highest BCUT2D eigenvalue weighted by atomic mass is 19.1. The number of halogens is 1. The van der Waals surface area contributed by atoms with Gasteiger partial charge in [-0.05, 0) is 25.0 Å². The molecule has 0 saturated carbocycles. The van der Waals surface area contributed by atoms with Crippen molar-refractivity contribution in [2.24, 2.45) is 5.73 Å². The van der Waals surface area contributed by atoms with Gasteiger partial charge in [-0.3, -0.25) is 4.79 Å². The molecule has 0 heterocycles. The summed E-state index contributed by atoms with van der Waals surface area (Å²) in [6.45, 7) is 0.625. The number of ether oxygens (including phenoxy) is 2. The highest BCUT2D eigenvalue weighted by Crippen LogP contribution is 2.18. The summed E-state index contributed by atoms with van der Waals surface area (Å²) in [5.74, 6) is -0.485. The maximum absolute atomic E-state index is 13.1. The molecule has 0 aliphatic carbocycles. The maximum Gasteiger partial charge on any atom is 0.319 e. The first-order valence-corrected chi connectivity index (χ1v) is 5.67. The SMILES string of the molecule is NCC(=O)OCCCCOc1ccc(N)c(F)c1. The monoisotopic (exact) mass is 256 g/mol. The number of anilines is 1. The van der Waals surface area contributed by atoms with Gasteiger partial charge in [0.15, 0.2) is 0 Å². The highest BCUT2D eigenvalue weighted by molar-refractivity contribution is 5.71. The molecular weight excluding hydrogens is 239 g/mol. The van der Waals surface area contributed by atoms with Crippen LogP contribution in [0, 0.1) is 5.82 Å². The Morgan fingerprint density at radius 3 is 2.67 bits per heavy atom. The molecule has 0 spiro atoms. The van der Waals surface area contributed by atoms with Crippen LogP contribution in [0.3, 0.4) is 0 Å². The zero-order valence-corrected chi connectivity index (χ0v) is 10.0. The van der Waals surface area contributed by atoms with Crippen molar-refractivity contribution in [2.75, 3.05) is 25.5 Å². The topological polar surface area (TPSA) is 87.6 Å². The lowest BCUT2D eigenvalue weighted by molar-refractivity contribution is -0.142. The Balaban J connectivity index is 2.14. The molecule has 0 unspecified atom stereocenters. The zero-order chi connectivity index (χ0) is 13.4. The minimum Gasteiger partial charge on any atom is -0.493 e. The highest BCUT2D eigenvalue weighted by Gasteiger charge is 2.01. The summed E-state index contributed by atoms with van der Waals surface area (Å²) in [6.07, 6.45) is 1.37. The Morgan fingerprint density at radius 1 is 1.28 bits per heavy atom. The van der Waals surface area contributed by atoms with Crippen molar-refractivity contribution in [1.29, 1.82) is 0 Å². The Morgan fingerprint density at radius 2 is 2.00 bits per heavy atom. The molecule has 0 radical (unpaired) electrons. The molecule has 0 bridgehead atoms.